The van der Waals surface area contributed by atoms with Crippen LogP contribution in [-0.4, -0.2) is 4.98 Å². The van der Waals surface area contributed by atoms with E-state index in [-0.39, 0.29) is 0 Å². The Morgan fingerprint density at radius 1 is 0.579 bits per heavy atom. The Morgan fingerprint density at radius 2 is 1.11 bits per heavy atom. The maximum atomic E-state index is 4.49. The number of hydrogen-bond acceptors (Lipinski definition) is 1. The summed E-state index contributed by atoms with van der Waals surface area (Å²) in [6.07, 6.45) is 1.83. The first kappa shape index (κ1) is 11.5. The zero-order valence-electron chi connectivity index (χ0n) is 10.5. The highest BCUT2D eigenvalue weighted by molar-refractivity contribution is 5.54. The van der Waals surface area contributed by atoms with Crippen molar-refractivity contribution < 1.29 is 0 Å². The Hall–Kier alpha value is -2.54. The Balaban J connectivity index is 2.12. The topological polar surface area (TPSA) is 12.9 Å². The van der Waals surface area contributed by atoms with Gasteiger partial charge in [-0.3, -0.25) is 0 Å². The maximum absolute atomic E-state index is 4.49. The lowest BCUT2D eigenvalue weighted by Gasteiger charge is -2.11. The van der Waals surface area contributed by atoms with Crippen LogP contribution < -0.4 is 0 Å². The van der Waals surface area contributed by atoms with Crippen molar-refractivity contribution in [2.75, 3.05) is 0 Å². The molecule has 0 aliphatic rings. The van der Waals surface area contributed by atoms with Gasteiger partial charge in [-0.25, -0.2) is 4.98 Å². The van der Waals surface area contributed by atoms with Gasteiger partial charge in [0.2, 0.25) is 0 Å². The van der Waals surface area contributed by atoms with Crippen LogP contribution in [-0.2, 0) is 0 Å². The third-order valence-electron chi connectivity index (χ3n) is 3.05. The summed E-state index contributed by atoms with van der Waals surface area (Å²) in [5.74, 6) is 1.17. The average Bonchev–Trinajstić information content (AvgIpc) is 2.51. The first-order valence-electron chi connectivity index (χ1n) is 6.34. The normalized spacial score (nSPS) is 10.1. The van der Waals surface area contributed by atoms with Gasteiger partial charge in [-0.2, -0.15) is 0 Å². The lowest BCUT2D eigenvalue weighted by atomic mass is 9.88. The molecule has 3 aromatic rings. The van der Waals surface area contributed by atoms with Crippen LogP contribution in [0.2, 0.25) is 0 Å². The number of pyridine rings is 1. The third-order valence-corrected chi connectivity index (χ3v) is 3.05. The molecule has 1 aromatic heterocycles. The highest BCUT2D eigenvalue weighted by Crippen LogP contribution is 2.28. The van der Waals surface area contributed by atoms with E-state index in [1.54, 1.807) is 0 Å². The van der Waals surface area contributed by atoms with E-state index in [1.807, 2.05) is 30.5 Å². The third kappa shape index (κ3) is 2.50. The summed E-state index contributed by atoms with van der Waals surface area (Å²) < 4.78 is 0. The Kier molecular flexibility index (Phi) is 3.28. The molecule has 2 aromatic carbocycles. The van der Waals surface area contributed by atoms with Crippen LogP contribution in [0.1, 0.15) is 16.8 Å². The van der Waals surface area contributed by atoms with Crippen LogP contribution in [0.4, 0.5) is 0 Å². The van der Waals surface area contributed by atoms with E-state index in [1.165, 1.54) is 17.0 Å². The molecule has 0 N–H and O–H groups in total. The second kappa shape index (κ2) is 5.40. The van der Waals surface area contributed by atoms with Gasteiger partial charge in [0.1, 0.15) is 5.69 Å². The summed E-state index contributed by atoms with van der Waals surface area (Å²) in [6.45, 7) is 0. The molecular weight excluding hydrogens is 230 g/mol. The van der Waals surface area contributed by atoms with Crippen LogP contribution in [0.25, 0.3) is 0 Å². The van der Waals surface area contributed by atoms with E-state index in [9.17, 15) is 0 Å². The monoisotopic (exact) mass is 244 g/mol. The summed E-state index contributed by atoms with van der Waals surface area (Å²) in [4.78, 5) is 4.49. The average molecular weight is 244 g/mol. The van der Waals surface area contributed by atoms with E-state index >= 15 is 0 Å². The van der Waals surface area contributed by atoms with Gasteiger partial charge in [-0.05, 0) is 72.8 Å². The summed E-state index contributed by atoms with van der Waals surface area (Å²) in [7, 11) is 0. The Labute approximate surface area is 113 Å². The molecule has 3 rings (SSSR count). The van der Waals surface area contributed by atoms with Crippen molar-refractivity contribution in [2.24, 2.45) is 0 Å². The largest absolute Gasteiger partial charge is 0.242 e. The van der Waals surface area contributed by atoms with E-state index in [0.717, 1.165) is 5.69 Å². The fraction of sp³-hybridized carbons (Fsp3) is 0. The molecule has 1 heteroatoms. The van der Waals surface area contributed by atoms with E-state index in [0.29, 0.717) is 0 Å². The Bertz CT molecular complexity index is 524. The molecule has 0 spiro atoms. The van der Waals surface area contributed by atoms with Crippen molar-refractivity contribution in [2.45, 2.75) is 0 Å². The minimum atomic E-state index is 1.000. The van der Waals surface area contributed by atoms with Gasteiger partial charge in [-0.1, -0.05) is 0 Å². The highest BCUT2D eigenvalue weighted by atomic mass is 14.7. The molecule has 0 aliphatic heterocycles. The molecule has 19 heavy (non-hydrogen) atoms. The van der Waals surface area contributed by atoms with Gasteiger partial charge in [0.05, 0.1) is 17.0 Å². The standard InChI is InChI=1S/C18H14N/c1-3-9-15(10-4-1)18(16-11-5-2-6-12-16)17-13-7-8-14-19-17/h1-14H/q+1. The molecule has 90 valence electrons. The minimum Gasteiger partial charge on any atom is -0.242 e. The van der Waals surface area contributed by atoms with Gasteiger partial charge in [0.25, 0.3) is 0 Å². The van der Waals surface area contributed by atoms with Crippen LogP contribution >= 0.6 is 0 Å². The predicted octanol–water partition coefficient (Wildman–Crippen LogP) is 4.10. The molecule has 0 saturated carbocycles. The minimum absolute atomic E-state index is 1.000. The second-order valence-electron chi connectivity index (χ2n) is 4.32. The summed E-state index contributed by atoms with van der Waals surface area (Å²) in [5, 5.41) is 0. The van der Waals surface area contributed by atoms with E-state index in [2.05, 4.69) is 59.6 Å². The maximum Gasteiger partial charge on any atom is 0.127 e. The number of rotatable bonds is 3. The van der Waals surface area contributed by atoms with Gasteiger partial charge in [0, 0.05) is 12.3 Å². The SMILES string of the molecule is c1ccc([C+](c2ccccc2)c2ccccn2)cc1. The lowest BCUT2D eigenvalue weighted by molar-refractivity contribution is 1.12. The predicted molar refractivity (Wildman–Crippen MR) is 77.7 cm³/mol. The van der Waals surface area contributed by atoms with Gasteiger partial charge in [0.15, 0.2) is 0 Å². The quantitative estimate of drug-likeness (QED) is 0.632. The molecule has 1 nitrogen and oxygen atoms in total. The van der Waals surface area contributed by atoms with Crippen LogP contribution in [0.3, 0.4) is 0 Å². The van der Waals surface area contributed by atoms with Crippen molar-refractivity contribution in [3.8, 4) is 0 Å². The fourth-order valence-corrected chi connectivity index (χ4v) is 2.18. The summed E-state index contributed by atoms with van der Waals surface area (Å²) in [6, 6.07) is 26.8. The van der Waals surface area contributed by atoms with Gasteiger partial charge < -0.3 is 0 Å². The molecule has 0 amide bonds. The summed E-state index contributed by atoms with van der Waals surface area (Å²) in [5.41, 5.74) is 3.37. The van der Waals surface area contributed by atoms with Crippen molar-refractivity contribution in [1.82, 2.24) is 4.98 Å². The number of nitrogens with zero attached hydrogens (tertiary/aromatic N) is 1. The van der Waals surface area contributed by atoms with E-state index in [4.69, 9.17) is 0 Å². The van der Waals surface area contributed by atoms with Crippen molar-refractivity contribution >= 4 is 0 Å². The second-order valence-corrected chi connectivity index (χ2v) is 4.32. The molecule has 0 aliphatic carbocycles. The van der Waals surface area contributed by atoms with Gasteiger partial charge >= 0.3 is 0 Å². The van der Waals surface area contributed by atoms with Gasteiger partial charge in [-0.15, -0.1) is 0 Å². The Morgan fingerprint density at radius 3 is 1.58 bits per heavy atom. The van der Waals surface area contributed by atoms with Crippen LogP contribution in [0, 0.1) is 5.92 Å². The molecule has 0 fully saturated rings. The number of aromatic nitrogens is 1. The summed E-state index contributed by atoms with van der Waals surface area (Å²) >= 11 is 0. The van der Waals surface area contributed by atoms with Crippen LogP contribution in [0.15, 0.2) is 85.1 Å². The van der Waals surface area contributed by atoms with Crippen LogP contribution in [0.5, 0.6) is 0 Å². The molecule has 0 unspecified atom stereocenters. The van der Waals surface area contributed by atoms with Crippen molar-refractivity contribution in [3.63, 3.8) is 0 Å². The van der Waals surface area contributed by atoms with Crippen molar-refractivity contribution in [1.29, 1.82) is 0 Å². The zero-order chi connectivity index (χ0) is 12.9. The first-order chi connectivity index (χ1) is 9.45. The lowest BCUT2D eigenvalue weighted by Crippen LogP contribution is -2.05. The molecule has 0 saturated heterocycles. The number of benzene rings is 2. The first-order valence-corrected chi connectivity index (χ1v) is 6.34. The van der Waals surface area contributed by atoms with Crippen molar-refractivity contribution in [3.05, 3.63) is 108 Å². The molecular formula is C18H14N+. The highest BCUT2D eigenvalue weighted by Gasteiger charge is 2.23. The molecule has 0 bridgehead atoms. The number of hydrogen-bond donors (Lipinski definition) is 0. The smallest absolute Gasteiger partial charge is 0.127 e. The van der Waals surface area contributed by atoms with E-state index < -0.39 is 0 Å². The molecule has 0 atom stereocenters. The molecule has 0 radical (unpaired) electrons. The fourth-order valence-electron chi connectivity index (χ4n) is 2.18. The molecule has 1 heterocycles. The zero-order valence-corrected chi connectivity index (χ0v) is 10.5.